The Balaban J connectivity index is 1.26. The van der Waals surface area contributed by atoms with Crippen molar-refractivity contribution in [2.45, 2.75) is 13.5 Å². The summed E-state index contributed by atoms with van der Waals surface area (Å²) in [5, 5.41) is 5.69. The lowest BCUT2D eigenvalue weighted by Gasteiger charge is -2.13. The van der Waals surface area contributed by atoms with Gasteiger partial charge in [-0.05, 0) is 48.9 Å². The Bertz CT molecular complexity index is 1490. The van der Waals surface area contributed by atoms with Crippen molar-refractivity contribution in [2.24, 2.45) is 4.99 Å². The van der Waals surface area contributed by atoms with Crippen molar-refractivity contribution < 1.29 is 14.3 Å². The molecule has 0 unspecified atom stereocenters. The average molecular weight is 467 g/mol. The third-order valence-corrected chi connectivity index (χ3v) is 5.55. The van der Waals surface area contributed by atoms with Gasteiger partial charge in [0.25, 0.3) is 11.8 Å². The summed E-state index contributed by atoms with van der Waals surface area (Å²) >= 11 is 0. The van der Waals surface area contributed by atoms with Crippen LogP contribution < -0.4 is 15.4 Å². The molecular formula is C26H22N6O3. The number of pyridine rings is 2. The molecule has 0 spiro atoms. The molecule has 2 amide bonds. The molecule has 0 fully saturated rings. The quantitative estimate of drug-likeness (QED) is 0.432. The number of amides is 2. The van der Waals surface area contributed by atoms with E-state index in [4.69, 9.17) is 4.74 Å². The van der Waals surface area contributed by atoms with Gasteiger partial charge in [-0.2, -0.15) is 0 Å². The number of aliphatic imine (C=N–C) groups is 1. The zero-order valence-corrected chi connectivity index (χ0v) is 18.9. The van der Waals surface area contributed by atoms with Crippen molar-refractivity contribution in [3.63, 3.8) is 0 Å². The fraction of sp³-hybridized carbons (Fsp3) is 0.115. The molecule has 0 radical (unpaired) electrons. The molecule has 35 heavy (non-hydrogen) atoms. The molecule has 1 aliphatic heterocycles. The van der Waals surface area contributed by atoms with Gasteiger partial charge >= 0.3 is 0 Å². The second-order valence-electron chi connectivity index (χ2n) is 7.93. The lowest BCUT2D eigenvalue weighted by atomic mass is 10.1. The summed E-state index contributed by atoms with van der Waals surface area (Å²) in [6.07, 6.45) is 10.3. The minimum absolute atomic E-state index is 0.203. The number of benzene rings is 1. The Kier molecular flexibility index (Phi) is 6.04. The van der Waals surface area contributed by atoms with Crippen molar-refractivity contribution in [3.05, 3.63) is 95.6 Å². The van der Waals surface area contributed by atoms with Crippen LogP contribution in [0.5, 0.6) is 11.5 Å². The zero-order valence-electron chi connectivity index (χ0n) is 18.9. The molecule has 2 N–H and O–H groups in total. The molecule has 1 aromatic carbocycles. The van der Waals surface area contributed by atoms with E-state index >= 15 is 0 Å². The molecular weight excluding hydrogens is 444 g/mol. The van der Waals surface area contributed by atoms with Crippen LogP contribution in [0.4, 0.5) is 5.82 Å². The number of nitrogens with zero attached hydrogens (tertiary/aromatic N) is 4. The van der Waals surface area contributed by atoms with Gasteiger partial charge in [-0.1, -0.05) is 6.07 Å². The van der Waals surface area contributed by atoms with Gasteiger partial charge in [-0.15, -0.1) is 0 Å². The highest BCUT2D eigenvalue weighted by Crippen LogP contribution is 2.28. The number of ether oxygens (including phenoxy) is 1. The number of aromatic nitrogens is 3. The summed E-state index contributed by atoms with van der Waals surface area (Å²) in [5.41, 5.74) is 3.48. The molecule has 174 valence electrons. The van der Waals surface area contributed by atoms with Crippen molar-refractivity contribution in [3.8, 4) is 11.5 Å². The summed E-state index contributed by atoms with van der Waals surface area (Å²) in [7, 11) is 0. The maximum Gasteiger partial charge on any atom is 0.258 e. The molecule has 9 heteroatoms. The van der Waals surface area contributed by atoms with Crippen molar-refractivity contribution in [1.29, 1.82) is 0 Å². The Labute approximate surface area is 201 Å². The van der Waals surface area contributed by atoms with Crippen molar-refractivity contribution >= 4 is 29.5 Å². The number of carbonyl (C=O) groups is 2. The van der Waals surface area contributed by atoms with Crippen LogP contribution in [0.3, 0.4) is 0 Å². The smallest absolute Gasteiger partial charge is 0.258 e. The standard InChI is InChI=1S/C26H22N6O3/c1-17-21(26(34)30-15-18-7-11-32-12-10-29-24(32)13-18)3-2-4-22(17)35-20-6-9-28-23(14-20)31-25(33)19-5-8-27-16-19/h2-7,9-14,16H,8,15H2,1H3,(H,30,34)(H,28,31,33). The van der Waals surface area contributed by atoms with Gasteiger partial charge in [-0.25, -0.2) is 9.97 Å². The number of fused-ring (bicyclic) bond motifs is 1. The lowest BCUT2D eigenvalue weighted by molar-refractivity contribution is -0.112. The Hall–Kier alpha value is -4.79. The molecule has 4 heterocycles. The molecule has 1 aliphatic rings. The summed E-state index contributed by atoms with van der Waals surface area (Å²) < 4.78 is 7.94. The van der Waals surface area contributed by atoms with E-state index in [0.29, 0.717) is 47.1 Å². The fourth-order valence-electron chi connectivity index (χ4n) is 3.68. The summed E-state index contributed by atoms with van der Waals surface area (Å²) in [6.45, 7) is 2.71. The molecule has 9 nitrogen and oxygen atoms in total. The highest BCUT2D eigenvalue weighted by atomic mass is 16.5. The maximum atomic E-state index is 12.9. The Morgan fingerprint density at radius 2 is 1.97 bits per heavy atom. The first-order chi connectivity index (χ1) is 17.1. The number of rotatable bonds is 7. The molecule has 0 saturated carbocycles. The number of carbonyl (C=O) groups excluding carboxylic acids is 2. The Morgan fingerprint density at radius 3 is 2.83 bits per heavy atom. The second kappa shape index (κ2) is 9.60. The van der Waals surface area contributed by atoms with Gasteiger partial charge in [-0.3, -0.25) is 14.6 Å². The first-order valence-electron chi connectivity index (χ1n) is 11.0. The number of hydrogen-bond acceptors (Lipinski definition) is 6. The second-order valence-corrected chi connectivity index (χ2v) is 7.93. The maximum absolute atomic E-state index is 12.9. The summed E-state index contributed by atoms with van der Waals surface area (Å²) in [6, 6.07) is 12.5. The third kappa shape index (κ3) is 4.93. The van der Waals surface area contributed by atoms with Gasteiger partial charge in [0, 0.05) is 54.7 Å². The number of imidazole rings is 1. The van der Waals surface area contributed by atoms with E-state index < -0.39 is 0 Å². The van der Waals surface area contributed by atoms with Gasteiger partial charge in [0.15, 0.2) is 0 Å². The molecule has 5 rings (SSSR count). The zero-order chi connectivity index (χ0) is 24.2. The number of hydrogen-bond donors (Lipinski definition) is 2. The van der Waals surface area contributed by atoms with E-state index in [1.807, 2.05) is 35.9 Å². The van der Waals surface area contributed by atoms with E-state index in [0.717, 1.165) is 11.2 Å². The van der Waals surface area contributed by atoms with E-state index in [-0.39, 0.29) is 11.8 Å². The van der Waals surface area contributed by atoms with Crippen molar-refractivity contribution in [1.82, 2.24) is 19.7 Å². The highest BCUT2D eigenvalue weighted by molar-refractivity contribution is 6.18. The first-order valence-corrected chi connectivity index (χ1v) is 11.0. The van der Waals surface area contributed by atoms with Gasteiger partial charge in [0.2, 0.25) is 0 Å². The van der Waals surface area contributed by atoms with E-state index in [2.05, 4.69) is 25.6 Å². The normalized spacial score (nSPS) is 12.4. The van der Waals surface area contributed by atoms with Crippen LogP contribution in [0.1, 0.15) is 21.5 Å². The first kappa shape index (κ1) is 22.0. The summed E-state index contributed by atoms with van der Waals surface area (Å²) in [5.74, 6) is 0.890. The minimum atomic E-state index is -0.280. The monoisotopic (exact) mass is 466 g/mol. The van der Waals surface area contributed by atoms with Crippen LogP contribution in [0, 0.1) is 6.92 Å². The van der Waals surface area contributed by atoms with E-state index in [1.165, 1.54) is 6.21 Å². The topological polar surface area (TPSA) is 110 Å². The number of anilines is 1. The average Bonchev–Trinajstić information content (AvgIpc) is 3.56. The van der Waals surface area contributed by atoms with Crippen LogP contribution in [0.25, 0.3) is 5.65 Å². The van der Waals surface area contributed by atoms with Crippen LogP contribution in [0.2, 0.25) is 0 Å². The Morgan fingerprint density at radius 1 is 1.06 bits per heavy atom. The molecule has 0 saturated heterocycles. The van der Waals surface area contributed by atoms with E-state index in [1.54, 1.807) is 48.8 Å². The van der Waals surface area contributed by atoms with Gasteiger partial charge in [0.1, 0.15) is 23.0 Å². The van der Waals surface area contributed by atoms with Crippen LogP contribution >= 0.6 is 0 Å². The predicted octanol–water partition coefficient (Wildman–Crippen LogP) is 3.71. The minimum Gasteiger partial charge on any atom is -0.457 e. The SMILES string of the molecule is Cc1c(Oc2ccnc(NC(=O)C3=CCN=C3)c2)cccc1C(=O)NCc1ccn2ccnc2c1. The fourth-order valence-corrected chi connectivity index (χ4v) is 3.68. The van der Waals surface area contributed by atoms with Crippen LogP contribution in [0.15, 0.2) is 83.9 Å². The van der Waals surface area contributed by atoms with Crippen LogP contribution in [-0.2, 0) is 11.3 Å². The summed E-state index contributed by atoms with van der Waals surface area (Å²) in [4.78, 5) is 37.6. The molecule has 4 aromatic rings. The third-order valence-electron chi connectivity index (χ3n) is 5.55. The van der Waals surface area contributed by atoms with Crippen LogP contribution in [-0.4, -0.2) is 38.9 Å². The number of nitrogens with one attached hydrogen (secondary N) is 2. The molecule has 0 aliphatic carbocycles. The van der Waals surface area contributed by atoms with Gasteiger partial charge < -0.3 is 19.8 Å². The molecule has 0 bridgehead atoms. The highest BCUT2D eigenvalue weighted by Gasteiger charge is 2.15. The molecule has 0 atom stereocenters. The largest absolute Gasteiger partial charge is 0.457 e. The van der Waals surface area contributed by atoms with Crippen molar-refractivity contribution in [2.75, 3.05) is 11.9 Å². The van der Waals surface area contributed by atoms with E-state index in [9.17, 15) is 9.59 Å². The molecule has 3 aromatic heterocycles. The predicted molar refractivity (Wildman–Crippen MR) is 132 cm³/mol. The lowest BCUT2D eigenvalue weighted by Crippen LogP contribution is -2.23. The van der Waals surface area contributed by atoms with Gasteiger partial charge in [0.05, 0.1) is 12.1 Å².